The third-order valence-corrected chi connectivity index (χ3v) is 9.13. The van der Waals surface area contributed by atoms with E-state index in [4.69, 9.17) is 33.2 Å². The minimum Gasteiger partial charge on any atom is -0.289 e. The Labute approximate surface area is 300 Å². The Hall–Kier alpha value is -5.68. The number of ketones is 2. The van der Waals surface area contributed by atoms with E-state index in [-0.39, 0.29) is 11.6 Å². The normalized spacial score (nSPS) is 11.6. The first-order chi connectivity index (χ1) is 24.3. The van der Waals surface area contributed by atoms with E-state index in [2.05, 4.69) is 0 Å². The van der Waals surface area contributed by atoms with Gasteiger partial charge in [-0.2, -0.15) is 0 Å². The summed E-state index contributed by atoms with van der Waals surface area (Å²) >= 11 is 12.8. The quantitative estimate of drug-likeness (QED) is 0.118. The molecule has 7 rings (SSSR count). The smallest absolute Gasteiger partial charge is 0.188 e. The predicted octanol–water partition coefficient (Wildman–Crippen LogP) is 11.8. The lowest BCUT2D eigenvalue weighted by Gasteiger charge is -2.14. The molecule has 0 atom stereocenters. The van der Waals surface area contributed by atoms with Crippen LogP contribution in [0.4, 0.5) is 0 Å². The number of benzene rings is 5. The number of aryl methyl sites for hydroxylation is 2. The molecule has 7 aromatic rings. The van der Waals surface area contributed by atoms with E-state index in [1.165, 1.54) is 0 Å². The summed E-state index contributed by atoms with van der Waals surface area (Å²) in [5, 5.41) is 2.81. The van der Waals surface area contributed by atoms with Crippen LogP contribution in [0.2, 0.25) is 10.0 Å². The molecule has 0 amide bonds. The van der Waals surface area contributed by atoms with Crippen LogP contribution in [0.25, 0.3) is 56.2 Å². The van der Waals surface area contributed by atoms with Gasteiger partial charge in [0.1, 0.15) is 0 Å². The molecule has 0 saturated carbocycles. The average Bonchev–Trinajstić information content (AvgIpc) is 3.13. The molecule has 0 N–H and O–H groups in total. The van der Waals surface area contributed by atoms with Crippen LogP contribution in [-0.2, 0) is 0 Å². The average molecular weight is 690 g/mol. The Morgan fingerprint density at radius 3 is 1.28 bits per heavy atom. The van der Waals surface area contributed by atoms with E-state index in [9.17, 15) is 9.59 Å². The minimum atomic E-state index is -0.153. The van der Waals surface area contributed by atoms with E-state index >= 15 is 0 Å². The van der Waals surface area contributed by atoms with Crippen molar-refractivity contribution in [3.05, 3.63) is 177 Å². The SMILES string of the molecule is Cc1nc2ccc(Cl)cc2c(-c2ccccc2)c1C(=O)/C=C/c1ccc(/C=C/C(=O)c2c(C)nc3ccc(Cl)cc3c2-c2ccccc2)cc1. The van der Waals surface area contributed by atoms with Crippen molar-refractivity contribution in [1.29, 1.82) is 0 Å². The topological polar surface area (TPSA) is 59.9 Å². The van der Waals surface area contributed by atoms with E-state index < -0.39 is 0 Å². The number of halogens is 2. The number of nitrogens with zero attached hydrogens (tertiary/aromatic N) is 2. The molecule has 0 aliphatic heterocycles. The van der Waals surface area contributed by atoms with Gasteiger partial charge in [-0.1, -0.05) is 120 Å². The summed E-state index contributed by atoms with van der Waals surface area (Å²) in [5.74, 6) is -0.305. The molecule has 242 valence electrons. The molecule has 0 saturated heterocycles. The molecule has 50 heavy (non-hydrogen) atoms. The maximum absolute atomic E-state index is 13.8. The van der Waals surface area contributed by atoms with E-state index in [1.54, 1.807) is 36.4 Å². The fourth-order valence-electron chi connectivity index (χ4n) is 6.36. The summed E-state index contributed by atoms with van der Waals surface area (Å²) in [6.45, 7) is 3.72. The summed E-state index contributed by atoms with van der Waals surface area (Å²) in [7, 11) is 0. The van der Waals surface area contributed by atoms with Gasteiger partial charge in [0, 0.05) is 43.3 Å². The summed E-state index contributed by atoms with van der Waals surface area (Å²) in [4.78, 5) is 37.0. The van der Waals surface area contributed by atoms with E-state index in [0.717, 1.165) is 55.2 Å². The van der Waals surface area contributed by atoms with Crippen LogP contribution in [0.15, 0.2) is 133 Å². The number of hydrogen-bond acceptors (Lipinski definition) is 4. The number of rotatable bonds is 8. The highest BCUT2D eigenvalue weighted by Crippen LogP contribution is 2.36. The molecule has 5 aromatic carbocycles. The number of carbonyl (C=O) groups excluding carboxylic acids is 2. The van der Waals surface area contributed by atoms with Crippen molar-refractivity contribution in [3.8, 4) is 22.3 Å². The van der Waals surface area contributed by atoms with Gasteiger partial charge < -0.3 is 0 Å². The second kappa shape index (κ2) is 14.0. The summed E-state index contributed by atoms with van der Waals surface area (Å²) in [6, 6.07) is 38.4. The predicted molar refractivity (Wildman–Crippen MR) is 207 cm³/mol. The van der Waals surface area contributed by atoms with Crippen molar-refractivity contribution in [1.82, 2.24) is 9.97 Å². The molecule has 0 spiro atoms. The van der Waals surface area contributed by atoms with Gasteiger partial charge in [-0.05, 0) is 84.7 Å². The largest absolute Gasteiger partial charge is 0.289 e. The molecule has 0 aliphatic carbocycles. The first-order valence-electron chi connectivity index (χ1n) is 16.1. The molecule has 4 nitrogen and oxygen atoms in total. The van der Waals surface area contributed by atoms with Crippen molar-refractivity contribution in [2.75, 3.05) is 0 Å². The van der Waals surface area contributed by atoms with Gasteiger partial charge in [-0.3, -0.25) is 19.6 Å². The molecule has 0 aliphatic rings. The van der Waals surface area contributed by atoms with Gasteiger partial charge in [-0.25, -0.2) is 0 Å². The van der Waals surface area contributed by atoms with Crippen LogP contribution in [0.1, 0.15) is 43.2 Å². The van der Waals surface area contributed by atoms with Crippen molar-refractivity contribution in [2.45, 2.75) is 13.8 Å². The number of aromatic nitrogens is 2. The zero-order valence-corrected chi connectivity index (χ0v) is 28.8. The number of allylic oxidation sites excluding steroid dienone is 2. The number of pyridine rings is 2. The minimum absolute atomic E-state index is 0.153. The highest BCUT2D eigenvalue weighted by molar-refractivity contribution is 6.32. The maximum atomic E-state index is 13.8. The standard InChI is InChI=1S/C44H30Cl2N2O2/c1-27-41(43(31-9-5-3-6-10-31)35-25-33(45)19-21-37(35)47-27)39(49)23-17-29-13-15-30(16-14-29)18-24-40(50)42-28(2)48-38-22-20-34(46)26-36(38)44(42)32-11-7-4-8-12-32/h3-26H,1-2H3/b23-17+,24-18+. The number of fused-ring (bicyclic) bond motifs is 2. The fraction of sp³-hybridized carbons (Fsp3) is 0.0455. The highest BCUT2D eigenvalue weighted by atomic mass is 35.5. The molecule has 0 fully saturated rings. The first kappa shape index (κ1) is 32.8. The van der Waals surface area contributed by atoms with Crippen molar-refractivity contribution in [2.24, 2.45) is 0 Å². The van der Waals surface area contributed by atoms with Crippen LogP contribution >= 0.6 is 23.2 Å². The van der Waals surface area contributed by atoms with Crippen LogP contribution < -0.4 is 0 Å². The number of hydrogen-bond donors (Lipinski definition) is 0. The van der Waals surface area contributed by atoms with Crippen LogP contribution in [0.3, 0.4) is 0 Å². The maximum Gasteiger partial charge on any atom is 0.188 e. The van der Waals surface area contributed by atoms with E-state index in [1.807, 2.05) is 123 Å². The Kier molecular flexibility index (Phi) is 9.23. The Morgan fingerprint density at radius 2 is 0.900 bits per heavy atom. The third-order valence-electron chi connectivity index (χ3n) is 8.66. The van der Waals surface area contributed by atoms with Crippen molar-refractivity contribution < 1.29 is 9.59 Å². The zero-order chi connectivity index (χ0) is 34.8. The zero-order valence-electron chi connectivity index (χ0n) is 27.3. The third kappa shape index (κ3) is 6.64. The van der Waals surface area contributed by atoms with Crippen LogP contribution in [0.5, 0.6) is 0 Å². The van der Waals surface area contributed by atoms with Gasteiger partial charge in [0.15, 0.2) is 11.6 Å². The molecule has 0 unspecified atom stereocenters. The van der Waals surface area contributed by atoms with Crippen LogP contribution in [0, 0.1) is 13.8 Å². The number of carbonyl (C=O) groups is 2. The summed E-state index contributed by atoms with van der Waals surface area (Å²) in [6.07, 6.45) is 6.74. The molecule has 0 bridgehead atoms. The summed E-state index contributed by atoms with van der Waals surface area (Å²) < 4.78 is 0. The fourth-order valence-corrected chi connectivity index (χ4v) is 6.70. The Balaban J connectivity index is 1.16. The van der Waals surface area contributed by atoms with Crippen molar-refractivity contribution in [3.63, 3.8) is 0 Å². The summed E-state index contributed by atoms with van der Waals surface area (Å²) in [5.41, 5.74) is 9.07. The highest BCUT2D eigenvalue weighted by Gasteiger charge is 2.21. The van der Waals surface area contributed by atoms with Gasteiger partial charge >= 0.3 is 0 Å². The molecular weight excluding hydrogens is 659 g/mol. The van der Waals surface area contributed by atoms with Gasteiger partial charge in [0.25, 0.3) is 0 Å². The van der Waals surface area contributed by atoms with Gasteiger partial charge in [-0.15, -0.1) is 0 Å². The molecule has 0 radical (unpaired) electrons. The second-order valence-electron chi connectivity index (χ2n) is 12.0. The lowest BCUT2D eigenvalue weighted by molar-refractivity contribution is 0.103. The molecular formula is C44H30Cl2N2O2. The molecule has 2 aromatic heterocycles. The Morgan fingerprint density at radius 1 is 0.520 bits per heavy atom. The lowest BCUT2D eigenvalue weighted by atomic mass is 9.91. The first-order valence-corrected chi connectivity index (χ1v) is 16.9. The van der Waals surface area contributed by atoms with Gasteiger partial charge in [0.2, 0.25) is 0 Å². The lowest BCUT2D eigenvalue weighted by Crippen LogP contribution is -2.05. The Bertz CT molecular complexity index is 2310. The van der Waals surface area contributed by atoms with Crippen molar-refractivity contribution >= 4 is 68.7 Å². The second-order valence-corrected chi connectivity index (χ2v) is 12.9. The van der Waals surface area contributed by atoms with E-state index in [0.29, 0.717) is 32.6 Å². The van der Waals surface area contributed by atoms with Crippen LogP contribution in [-0.4, -0.2) is 21.5 Å². The molecule has 2 heterocycles. The van der Waals surface area contributed by atoms with Gasteiger partial charge in [0.05, 0.1) is 22.2 Å². The molecule has 6 heteroatoms. The monoisotopic (exact) mass is 688 g/mol.